The van der Waals surface area contributed by atoms with E-state index in [0.717, 1.165) is 31.6 Å². The Kier molecular flexibility index (Phi) is 4.75. The van der Waals surface area contributed by atoms with Gasteiger partial charge in [-0.2, -0.15) is 0 Å². The van der Waals surface area contributed by atoms with Gasteiger partial charge in [-0.25, -0.2) is 9.97 Å². The number of nitrogens with one attached hydrogen (secondary N) is 1. The first-order valence-electron chi connectivity index (χ1n) is 6.64. The number of nitrogens with zero attached hydrogens (tertiary/aromatic N) is 2. The monoisotopic (exact) mass is 251 g/mol. The van der Waals surface area contributed by atoms with Crippen LogP contribution in [0.25, 0.3) is 0 Å². The summed E-state index contributed by atoms with van der Waals surface area (Å²) in [4.78, 5) is 8.18. The molecule has 2 N–H and O–H groups in total. The van der Waals surface area contributed by atoms with E-state index in [1.165, 1.54) is 12.7 Å². The molecule has 100 valence electrons. The van der Waals surface area contributed by atoms with Crippen molar-refractivity contribution in [1.82, 2.24) is 9.97 Å². The summed E-state index contributed by atoms with van der Waals surface area (Å²) in [5.41, 5.74) is 0. The zero-order valence-corrected chi connectivity index (χ0v) is 10.8. The zero-order valence-electron chi connectivity index (χ0n) is 10.8. The predicted molar refractivity (Wildman–Crippen MR) is 69.7 cm³/mol. The molecule has 1 fully saturated rings. The summed E-state index contributed by atoms with van der Waals surface area (Å²) in [5.74, 6) is 1.91. The first-order valence-corrected chi connectivity index (χ1v) is 6.64. The molecule has 2 atom stereocenters. The second-order valence-corrected chi connectivity index (χ2v) is 4.74. The van der Waals surface area contributed by atoms with Crippen molar-refractivity contribution in [1.29, 1.82) is 0 Å². The maximum Gasteiger partial charge on any atom is 0.218 e. The Morgan fingerprint density at radius 1 is 1.44 bits per heavy atom. The Labute approximate surface area is 108 Å². The minimum Gasteiger partial charge on any atom is -0.478 e. The van der Waals surface area contributed by atoms with E-state index < -0.39 is 0 Å². The van der Waals surface area contributed by atoms with Gasteiger partial charge in [-0.05, 0) is 32.1 Å². The second-order valence-electron chi connectivity index (χ2n) is 4.74. The molecule has 0 amide bonds. The van der Waals surface area contributed by atoms with Crippen LogP contribution in [0.2, 0.25) is 0 Å². The average molecular weight is 251 g/mol. The van der Waals surface area contributed by atoms with Crippen LogP contribution >= 0.6 is 0 Å². The molecule has 2 unspecified atom stereocenters. The molecule has 2 rings (SSSR count). The molecule has 1 saturated carbocycles. The SMILES string of the molecule is CCOc1cc(NCC2CCCC(O)C2)ncn1. The fourth-order valence-electron chi connectivity index (χ4n) is 2.36. The van der Waals surface area contributed by atoms with Crippen LogP contribution in [0, 0.1) is 5.92 Å². The van der Waals surface area contributed by atoms with E-state index in [1.807, 2.05) is 13.0 Å². The lowest BCUT2D eigenvalue weighted by atomic mass is 9.87. The summed E-state index contributed by atoms with van der Waals surface area (Å²) in [5, 5.41) is 12.9. The first-order chi connectivity index (χ1) is 8.78. The second kappa shape index (κ2) is 6.54. The van der Waals surface area contributed by atoms with Gasteiger partial charge in [0.15, 0.2) is 0 Å². The van der Waals surface area contributed by atoms with Crippen molar-refractivity contribution < 1.29 is 9.84 Å². The number of aliphatic hydroxyl groups excluding tert-OH is 1. The van der Waals surface area contributed by atoms with Crippen LogP contribution in [0.1, 0.15) is 32.6 Å². The number of anilines is 1. The van der Waals surface area contributed by atoms with Gasteiger partial charge in [-0.1, -0.05) is 6.42 Å². The Hall–Kier alpha value is -1.36. The first kappa shape index (κ1) is 13.1. The third-order valence-corrected chi connectivity index (χ3v) is 3.26. The molecule has 0 radical (unpaired) electrons. The van der Waals surface area contributed by atoms with Gasteiger partial charge in [-0.15, -0.1) is 0 Å². The maximum atomic E-state index is 9.62. The summed E-state index contributed by atoms with van der Waals surface area (Å²) < 4.78 is 5.32. The van der Waals surface area contributed by atoms with Gasteiger partial charge >= 0.3 is 0 Å². The van der Waals surface area contributed by atoms with Crippen molar-refractivity contribution in [2.24, 2.45) is 5.92 Å². The molecule has 1 aliphatic rings. The van der Waals surface area contributed by atoms with Crippen LogP contribution in [0.15, 0.2) is 12.4 Å². The molecule has 0 saturated heterocycles. The smallest absolute Gasteiger partial charge is 0.218 e. The van der Waals surface area contributed by atoms with Crippen molar-refractivity contribution in [2.75, 3.05) is 18.5 Å². The van der Waals surface area contributed by atoms with Crippen molar-refractivity contribution in [3.8, 4) is 5.88 Å². The molecule has 18 heavy (non-hydrogen) atoms. The number of aromatic nitrogens is 2. The van der Waals surface area contributed by atoms with Gasteiger partial charge in [0.1, 0.15) is 12.1 Å². The molecular weight excluding hydrogens is 230 g/mol. The molecule has 1 aromatic heterocycles. The van der Waals surface area contributed by atoms with Gasteiger partial charge in [0, 0.05) is 12.6 Å². The third kappa shape index (κ3) is 3.84. The molecule has 0 spiro atoms. The molecule has 1 heterocycles. The van der Waals surface area contributed by atoms with Crippen LogP contribution in [-0.4, -0.2) is 34.3 Å². The van der Waals surface area contributed by atoms with Crippen molar-refractivity contribution >= 4 is 5.82 Å². The van der Waals surface area contributed by atoms with E-state index in [9.17, 15) is 5.11 Å². The summed E-state index contributed by atoms with van der Waals surface area (Å²) in [6.45, 7) is 3.38. The number of rotatable bonds is 5. The molecule has 5 heteroatoms. The molecule has 1 aliphatic carbocycles. The largest absolute Gasteiger partial charge is 0.478 e. The van der Waals surface area contributed by atoms with Gasteiger partial charge in [0.2, 0.25) is 5.88 Å². The van der Waals surface area contributed by atoms with Crippen molar-refractivity contribution in [3.63, 3.8) is 0 Å². The number of ether oxygens (including phenoxy) is 1. The lowest BCUT2D eigenvalue weighted by Gasteiger charge is -2.26. The van der Waals surface area contributed by atoms with Crippen LogP contribution < -0.4 is 10.1 Å². The lowest BCUT2D eigenvalue weighted by molar-refractivity contribution is 0.104. The molecule has 0 aliphatic heterocycles. The molecular formula is C13H21N3O2. The van der Waals surface area contributed by atoms with Crippen LogP contribution in [0.3, 0.4) is 0 Å². The summed E-state index contributed by atoms with van der Waals surface area (Å²) in [6, 6.07) is 1.81. The zero-order chi connectivity index (χ0) is 12.8. The van der Waals surface area contributed by atoms with E-state index in [1.54, 1.807) is 0 Å². The molecule has 0 bridgehead atoms. The molecule has 5 nitrogen and oxygen atoms in total. The summed E-state index contributed by atoms with van der Waals surface area (Å²) >= 11 is 0. The quantitative estimate of drug-likeness (QED) is 0.835. The highest BCUT2D eigenvalue weighted by Crippen LogP contribution is 2.24. The Morgan fingerprint density at radius 3 is 3.11 bits per heavy atom. The third-order valence-electron chi connectivity index (χ3n) is 3.26. The predicted octanol–water partition coefficient (Wildman–Crippen LogP) is 1.84. The van der Waals surface area contributed by atoms with Gasteiger partial charge in [-0.3, -0.25) is 0 Å². The number of aliphatic hydroxyl groups is 1. The van der Waals surface area contributed by atoms with Crippen LogP contribution in [-0.2, 0) is 0 Å². The van der Waals surface area contributed by atoms with E-state index in [2.05, 4.69) is 15.3 Å². The van der Waals surface area contributed by atoms with Crippen molar-refractivity contribution in [3.05, 3.63) is 12.4 Å². The number of hydrogen-bond acceptors (Lipinski definition) is 5. The van der Waals surface area contributed by atoms with E-state index in [4.69, 9.17) is 4.74 Å². The van der Waals surface area contributed by atoms with Gasteiger partial charge in [0.25, 0.3) is 0 Å². The summed E-state index contributed by atoms with van der Waals surface area (Å²) in [7, 11) is 0. The van der Waals surface area contributed by atoms with Crippen molar-refractivity contribution in [2.45, 2.75) is 38.7 Å². The van der Waals surface area contributed by atoms with E-state index in [0.29, 0.717) is 18.4 Å². The minimum atomic E-state index is -0.130. The Balaban J connectivity index is 1.83. The van der Waals surface area contributed by atoms with Gasteiger partial charge < -0.3 is 15.2 Å². The normalized spacial score (nSPS) is 23.7. The highest BCUT2D eigenvalue weighted by Gasteiger charge is 2.19. The maximum absolute atomic E-state index is 9.62. The fraction of sp³-hybridized carbons (Fsp3) is 0.692. The topological polar surface area (TPSA) is 67.3 Å². The van der Waals surface area contributed by atoms with Crippen LogP contribution in [0.4, 0.5) is 5.82 Å². The average Bonchev–Trinajstić information content (AvgIpc) is 2.37. The molecule has 0 aromatic carbocycles. The highest BCUT2D eigenvalue weighted by molar-refractivity contribution is 5.37. The standard InChI is InChI=1S/C13H21N3O2/c1-2-18-13-7-12(15-9-16-13)14-8-10-4-3-5-11(17)6-10/h7,9-11,17H,2-6,8H2,1H3,(H,14,15,16). The number of hydrogen-bond donors (Lipinski definition) is 2. The summed E-state index contributed by atoms with van der Waals surface area (Å²) in [6.07, 6.45) is 5.49. The van der Waals surface area contributed by atoms with E-state index in [-0.39, 0.29) is 6.10 Å². The van der Waals surface area contributed by atoms with Gasteiger partial charge in [0.05, 0.1) is 12.7 Å². The highest BCUT2D eigenvalue weighted by atomic mass is 16.5. The lowest BCUT2D eigenvalue weighted by Crippen LogP contribution is -2.25. The Morgan fingerprint density at radius 2 is 2.33 bits per heavy atom. The van der Waals surface area contributed by atoms with E-state index >= 15 is 0 Å². The Bertz CT molecular complexity index is 373. The molecule has 1 aromatic rings. The van der Waals surface area contributed by atoms with Crippen LogP contribution in [0.5, 0.6) is 5.88 Å². The fourth-order valence-corrected chi connectivity index (χ4v) is 2.36. The minimum absolute atomic E-state index is 0.130.